The van der Waals surface area contributed by atoms with Crippen LogP contribution in [0.15, 0.2) is 42.8 Å². The number of esters is 1. The summed E-state index contributed by atoms with van der Waals surface area (Å²) < 4.78 is 15.7. The highest BCUT2D eigenvalue weighted by atomic mass is 16.5. The van der Waals surface area contributed by atoms with Crippen LogP contribution in [0.4, 0.5) is 0 Å². The summed E-state index contributed by atoms with van der Waals surface area (Å²) in [5.41, 5.74) is 1.50. The molecule has 1 aromatic heterocycles. The molecule has 0 bridgehead atoms. The van der Waals surface area contributed by atoms with Gasteiger partial charge in [-0.2, -0.15) is 4.98 Å². The van der Waals surface area contributed by atoms with E-state index in [4.69, 9.17) is 14.2 Å². The van der Waals surface area contributed by atoms with Crippen LogP contribution in [0.3, 0.4) is 0 Å². The molecule has 0 amide bonds. The van der Waals surface area contributed by atoms with Crippen molar-refractivity contribution in [2.75, 3.05) is 14.2 Å². The van der Waals surface area contributed by atoms with Crippen molar-refractivity contribution in [2.24, 2.45) is 0 Å². The van der Waals surface area contributed by atoms with E-state index in [-0.39, 0.29) is 17.0 Å². The summed E-state index contributed by atoms with van der Waals surface area (Å²) >= 11 is 0. The number of carbonyl (C=O) groups is 1. The average molecular weight is 342 g/mol. The topological polar surface area (TPSA) is 70.5 Å². The Bertz CT molecular complexity index is 779. The summed E-state index contributed by atoms with van der Waals surface area (Å²) in [7, 11) is 2.77. The molecule has 0 radical (unpaired) electrons. The summed E-state index contributed by atoms with van der Waals surface area (Å²) in [6.45, 7) is 6.18. The van der Waals surface area contributed by atoms with Gasteiger partial charge in [-0.05, 0) is 12.1 Å². The second-order valence-corrected chi connectivity index (χ2v) is 6.33. The minimum absolute atomic E-state index is 0.131. The van der Waals surface area contributed by atoms with Crippen molar-refractivity contribution in [3.05, 3.63) is 54.0 Å². The van der Waals surface area contributed by atoms with Gasteiger partial charge in [0.25, 0.3) is 0 Å². The maximum Gasteiger partial charge on any atom is 0.341 e. The van der Waals surface area contributed by atoms with E-state index < -0.39 is 5.97 Å². The minimum atomic E-state index is -0.526. The van der Waals surface area contributed by atoms with Crippen LogP contribution in [-0.4, -0.2) is 30.2 Å². The van der Waals surface area contributed by atoms with E-state index >= 15 is 0 Å². The van der Waals surface area contributed by atoms with Crippen LogP contribution in [0, 0.1) is 0 Å². The third-order valence-corrected chi connectivity index (χ3v) is 3.42. The van der Waals surface area contributed by atoms with Gasteiger partial charge in [0.15, 0.2) is 0 Å². The van der Waals surface area contributed by atoms with Gasteiger partial charge < -0.3 is 14.2 Å². The number of hydrogen-bond acceptors (Lipinski definition) is 6. The lowest BCUT2D eigenvalue weighted by atomic mass is 9.92. The summed E-state index contributed by atoms with van der Waals surface area (Å²) in [6, 6.07) is 9.12. The van der Waals surface area contributed by atoms with E-state index in [1.165, 1.54) is 20.5 Å². The molecule has 1 aromatic carbocycles. The molecule has 0 aliphatic rings. The molecule has 0 N–H and O–H groups in total. The van der Waals surface area contributed by atoms with Gasteiger partial charge in [0.05, 0.1) is 26.2 Å². The standard InChI is InChI=1S/C19H22N2O4/c1-19(2,3)16-10-11-20-18(21-16)25-15-9-7-6-8-13(15)14(12-23-4)17(22)24-5/h6-12H,1-5H3/b14-12+. The first-order valence-corrected chi connectivity index (χ1v) is 7.79. The van der Waals surface area contributed by atoms with Crippen molar-refractivity contribution in [3.63, 3.8) is 0 Å². The first kappa shape index (κ1) is 18.4. The predicted octanol–water partition coefficient (Wildman–Crippen LogP) is 3.73. The van der Waals surface area contributed by atoms with Gasteiger partial charge in [-0.25, -0.2) is 9.78 Å². The molecule has 6 heteroatoms. The first-order valence-electron chi connectivity index (χ1n) is 7.79. The molecule has 0 fully saturated rings. The SMILES string of the molecule is CO/C=C(/C(=O)OC)c1ccccc1Oc1nccc(C(C)(C)C)n1. The fraction of sp³-hybridized carbons (Fsp3) is 0.316. The fourth-order valence-corrected chi connectivity index (χ4v) is 2.13. The van der Waals surface area contributed by atoms with Crippen molar-refractivity contribution in [3.8, 4) is 11.8 Å². The van der Waals surface area contributed by atoms with E-state index in [0.29, 0.717) is 11.3 Å². The highest BCUT2D eigenvalue weighted by molar-refractivity contribution is 6.17. The normalized spacial score (nSPS) is 11.8. The molecular weight excluding hydrogens is 320 g/mol. The van der Waals surface area contributed by atoms with Crippen LogP contribution >= 0.6 is 0 Å². The van der Waals surface area contributed by atoms with Gasteiger partial charge in [0.2, 0.25) is 0 Å². The molecule has 25 heavy (non-hydrogen) atoms. The van der Waals surface area contributed by atoms with Gasteiger partial charge in [-0.15, -0.1) is 0 Å². The van der Waals surface area contributed by atoms with Crippen molar-refractivity contribution in [1.29, 1.82) is 0 Å². The highest BCUT2D eigenvalue weighted by Crippen LogP contribution is 2.30. The zero-order chi connectivity index (χ0) is 18.4. The Kier molecular flexibility index (Phi) is 5.75. The molecule has 132 valence electrons. The van der Waals surface area contributed by atoms with Crippen molar-refractivity contribution in [2.45, 2.75) is 26.2 Å². The van der Waals surface area contributed by atoms with E-state index in [9.17, 15) is 4.79 Å². The van der Waals surface area contributed by atoms with Crippen LogP contribution in [-0.2, 0) is 19.7 Å². The van der Waals surface area contributed by atoms with Crippen LogP contribution in [0.1, 0.15) is 32.0 Å². The molecule has 1 heterocycles. The molecule has 2 aromatic rings. The van der Waals surface area contributed by atoms with Gasteiger partial charge in [0.1, 0.15) is 11.3 Å². The Morgan fingerprint density at radius 3 is 2.48 bits per heavy atom. The maximum absolute atomic E-state index is 12.0. The fourth-order valence-electron chi connectivity index (χ4n) is 2.13. The van der Waals surface area contributed by atoms with Gasteiger partial charge >= 0.3 is 12.0 Å². The number of aromatic nitrogens is 2. The van der Waals surface area contributed by atoms with E-state index in [1.54, 1.807) is 30.5 Å². The number of methoxy groups -OCH3 is 2. The Morgan fingerprint density at radius 1 is 1.12 bits per heavy atom. The molecule has 0 aliphatic heterocycles. The average Bonchev–Trinajstić information content (AvgIpc) is 2.59. The van der Waals surface area contributed by atoms with Gasteiger partial charge in [-0.1, -0.05) is 39.0 Å². The van der Waals surface area contributed by atoms with Crippen LogP contribution in [0.5, 0.6) is 11.8 Å². The van der Waals surface area contributed by atoms with E-state index in [2.05, 4.69) is 30.7 Å². The number of nitrogens with zero attached hydrogens (tertiary/aromatic N) is 2. The second kappa shape index (κ2) is 7.79. The monoisotopic (exact) mass is 342 g/mol. The molecule has 6 nitrogen and oxygen atoms in total. The van der Waals surface area contributed by atoms with Crippen LogP contribution in [0.2, 0.25) is 0 Å². The third kappa shape index (κ3) is 4.56. The van der Waals surface area contributed by atoms with Crippen molar-refractivity contribution in [1.82, 2.24) is 9.97 Å². The van der Waals surface area contributed by atoms with Crippen LogP contribution < -0.4 is 4.74 Å². The summed E-state index contributed by atoms with van der Waals surface area (Å²) in [4.78, 5) is 20.6. The molecule has 0 spiro atoms. The molecule has 0 saturated carbocycles. The lowest BCUT2D eigenvalue weighted by Gasteiger charge is -2.18. The smallest absolute Gasteiger partial charge is 0.341 e. The molecule has 0 saturated heterocycles. The van der Waals surface area contributed by atoms with E-state index in [0.717, 1.165) is 5.69 Å². The highest BCUT2D eigenvalue weighted by Gasteiger charge is 2.20. The third-order valence-electron chi connectivity index (χ3n) is 3.42. The molecule has 0 atom stereocenters. The van der Waals surface area contributed by atoms with Gasteiger partial charge in [-0.3, -0.25) is 0 Å². The Labute approximate surface area is 147 Å². The number of carbonyl (C=O) groups excluding carboxylic acids is 1. The van der Waals surface area contributed by atoms with Crippen LogP contribution in [0.25, 0.3) is 5.57 Å². The zero-order valence-corrected chi connectivity index (χ0v) is 15.1. The number of ether oxygens (including phenoxy) is 3. The molecular formula is C19H22N2O4. The largest absolute Gasteiger partial charge is 0.503 e. The van der Waals surface area contributed by atoms with Crippen molar-refractivity contribution < 1.29 is 19.0 Å². The first-order chi connectivity index (χ1) is 11.9. The van der Waals surface area contributed by atoms with E-state index in [1.807, 2.05) is 6.07 Å². The summed E-state index contributed by atoms with van der Waals surface area (Å²) in [5.74, 6) is -0.0930. The minimum Gasteiger partial charge on any atom is -0.503 e. The quantitative estimate of drug-likeness (QED) is 0.468. The van der Waals surface area contributed by atoms with Gasteiger partial charge in [0, 0.05) is 17.2 Å². The maximum atomic E-state index is 12.0. The molecule has 0 aliphatic carbocycles. The lowest BCUT2D eigenvalue weighted by Crippen LogP contribution is -2.14. The molecule has 2 rings (SSSR count). The zero-order valence-electron chi connectivity index (χ0n) is 15.1. The number of rotatable bonds is 5. The number of hydrogen-bond donors (Lipinski definition) is 0. The summed E-state index contributed by atoms with van der Waals surface area (Å²) in [6.07, 6.45) is 2.97. The number of para-hydroxylation sites is 1. The number of benzene rings is 1. The predicted molar refractivity (Wildman–Crippen MR) is 94.3 cm³/mol. The lowest BCUT2D eigenvalue weighted by molar-refractivity contribution is -0.133. The Morgan fingerprint density at radius 2 is 1.84 bits per heavy atom. The molecule has 0 unspecified atom stereocenters. The Balaban J connectivity index is 2.42. The summed E-state index contributed by atoms with van der Waals surface area (Å²) in [5, 5.41) is 0. The van der Waals surface area contributed by atoms with Crippen molar-refractivity contribution >= 4 is 11.5 Å². The second-order valence-electron chi connectivity index (χ2n) is 6.33. The Hall–Kier alpha value is -2.89.